The summed E-state index contributed by atoms with van der Waals surface area (Å²) in [6, 6.07) is 24.8. The van der Waals surface area contributed by atoms with Gasteiger partial charge in [-0.1, -0.05) is 36.4 Å². The van der Waals surface area contributed by atoms with E-state index in [2.05, 4.69) is 31.0 Å². The molecule has 1 amide bonds. The van der Waals surface area contributed by atoms with Crippen molar-refractivity contribution in [2.24, 2.45) is 5.10 Å². The summed E-state index contributed by atoms with van der Waals surface area (Å²) < 4.78 is 5.00. The van der Waals surface area contributed by atoms with E-state index in [1.807, 2.05) is 85.1 Å². The van der Waals surface area contributed by atoms with Gasteiger partial charge in [-0.25, -0.2) is 5.43 Å². The molecule has 0 saturated heterocycles. The maximum Gasteiger partial charge on any atom is 0.260 e. The number of hydrogen-bond donors (Lipinski definition) is 1. The van der Waals surface area contributed by atoms with E-state index in [-0.39, 0.29) is 17.9 Å². The van der Waals surface area contributed by atoms with Crippen molar-refractivity contribution in [3.63, 3.8) is 0 Å². The molecule has 5 aromatic rings. The summed E-state index contributed by atoms with van der Waals surface area (Å²) in [6.45, 7) is 4.09. The average Bonchev–Trinajstić information content (AvgIpc) is 3.14. The van der Waals surface area contributed by atoms with Crippen LogP contribution in [-0.4, -0.2) is 21.3 Å². The highest BCUT2D eigenvalue weighted by Crippen LogP contribution is 2.26. The maximum atomic E-state index is 12.9. The fourth-order valence-electron chi connectivity index (χ4n) is 4.52. The highest BCUT2D eigenvalue weighted by Gasteiger charge is 2.14. The lowest BCUT2D eigenvalue weighted by atomic mass is 10.1. The summed E-state index contributed by atoms with van der Waals surface area (Å²) in [4.78, 5) is 25.8. The van der Waals surface area contributed by atoms with E-state index in [0.717, 1.165) is 27.1 Å². The number of para-hydroxylation sites is 3. The molecule has 0 radical (unpaired) electrons. The van der Waals surface area contributed by atoms with Crippen LogP contribution in [0.1, 0.15) is 17.0 Å². The fraction of sp³-hybridized carbons (Fsp3) is 0.107. The second-order valence-electron chi connectivity index (χ2n) is 8.36. The summed E-state index contributed by atoms with van der Waals surface area (Å²) >= 11 is 3.62. The molecule has 0 fully saturated rings. The van der Waals surface area contributed by atoms with Crippen LogP contribution in [0.5, 0.6) is 0 Å². The summed E-state index contributed by atoms with van der Waals surface area (Å²) in [5.41, 5.74) is 8.08. The lowest BCUT2D eigenvalue weighted by Crippen LogP contribution is -2.25. The third-order valence-electron chi connectivity index (χ3n) is 6.14. The Hall–Kier alpha value is -3.97. The Balaban J connectivity index is 1.41. The molecule has 6 nitrogen and oxygen atoms in total. The van der Waals surface area contributed by atoms with Gasteiger partial charge in [0.15, 0.2) is 5.43 Å². The molecule has 3 aromatic carbocycles. The van der Waals surface area contributed by atoms with Crippen LogP contribution in [-0.2, 0) is 11.3 Å². The molecule has 7 heteroatoms. The Morgan fingerprint density at radius 3 is 2.20 bits per heavy atom. The molecule has 0 unspecified atom stereocenters. The molecular formula is C28H23BrN4O2. The molecule has 0 saturated carbocycles. The van der Waals surface area contributed by atoms with Crippen LogP contribution < -0.4 is 10.9 Å². The number of rotatable bonds is 5. The SMILES string of the molecule is Cc1cc(/C=N/NC(=O)Cn2c3ccccc3c(=O)c3ccccc32)c(C)n1-c1ccccc1Br. The number of nitrogens with one attached hydrogen (secondary N) is 1. The number of fused-ring (bicyclic) bond motifs is 2. The fourth-order valence-corrected chi connectivity index (χ4v) is 4.98. The number of halogens is 1. The Kier molecular flexibility index (Phi) is 6.09. The Morgan fingerprint density at radius 2 is 1.54 bits per heavy atom. The van der Waals surface area contributed by atoms with Crippen LogP contribution in [0.25, 0.3) is 27.5 Å². The minimum atomic E-state index is -0.278. The molecule has 174 valence electrons. The van der Waals surface area contributed by atoms with Crippen molar-refractivity contribution < 1.29 is 4.79 Å². The van der Waals surface area contributed by atoms with Gasteiger partial charge in [-0.05, 0) is 72.2 Å². The number of amides is 1. The van der Waals surface area contributed by atoms with E-state index in [4.69, 9.17) is 0 Å². The molecular weight excluding hydrogens is 504 g/mol. The normalized spacial score (nSPS) is 11.5. The van der Waals surface area contributed by atoms with E-state index in [0.29, 0.717) is 21.8 Å². The van der Waals surface area contributed by atoms with Crippen molar-refractivity contribution in [2.45, 2.75) is 20.4 Å². The number of carbonyl (C=O) groups is 1. The zero-order chi connectivity index (χ0) is 24.5. The summed E-state index contributed by atoms with van der Waals surface area (Å²) in [5, 5.41) is 5.39. The number of aromatic nitrogens is 2. The first-order valence-electron chi connectivity index (χ1n) is 11.2. The second kappa shape index (κ2) is 9.35. The first kappa shape index (κ1) is 22.8. The predicted octanol–water partition coefficient (Wildman–Crippen LogP) is 5.48. The summed E-state index contributed by atoms with van der Waals surface area (Å²) in [5.74, 6) is -0.278. The van der Waals surface area contributed by atoms with Crippen molar-refractivity contribution in [1.82, 2.24) is 14.6 Å². The van der Waals surface area contributed by atoms with Crippen molar-refractivity contribution in [2.75, 3.05) is 0 Å². The number of pyridine rings is 1. The number of aryl methyl sites for hydroxylation is 1. The van der Waals surface area contributed by atoms with E-state index in [9.17, 15) is 9.59 Å². The molecule has 1 N–H and O–H groups in total. The van der Waals surface area contributed by atoms with Crippen molar-refractivity contribution >= 4 is 49.9 Å². The van der Waals surface area contributed by atoms with Gasteiger partial charge < -0.3 is 9.13 Å². The van der Waals surface area contributed by atoms with Crippen LogP contribution in [0.2, 0.25) is 0 Å². The molecule has 2 aromatic heterocycles. The van der Waals surface area contributed by atoms with E-state index >= 15 is 0 Å². The summed E-state index contributed by atoms with van der Waals surface area (Å²) in [7, 11) is 0. The van der Waals surface area contributed by atoms with Crippen LogP contribution in [0.15, 0.2) is 93.2 Å². The van der Waals surface area contributed by atoms with Gasteiger partial charge >= 0.3 is 0 Å². The maximum absolute atomic E-state index is 12.9. The zero-order valence-corrected chi connectivity index (χ0v) is 20.9. The highest BCUT2D eigenvalue weighted by atomic mass is 79.9. The predicted molar refractivity (Wildman–Crippen MR) is 144 cm³/mol. The zero-order valence-electron chi connectivity index (χ0n) is 19.3. The largest absolute Gasteiger partial charge is 0.331 e. The van der Waals surface area contributed by atoms with E-state index in [1.54, 1.807) is 18.3 Å². The topological polar surface area (TPSA) is 68.4 Å². The van der Waals surface area contributed by atoms with Gasteiger partial charge in [-0.15, -0.1) is 0 Å². The standard InChI is InChI=1S/C28H23BrN4O2/c1-18-15-20(19(2)33(18)26-14-8-5-11-23(26)29)16-30-31-27(34)17-32-24-12-6-3-9-21(24)28(35)22-10-4-7-13-25(22)32/h3-16H,17H2,1-2H3,(H,31,34)/b30-16+. The number of hydrazone groups is 1. The molecule has 5 rings (SSSR count). The third-order valence-corrected chi connectivity index (χ3v) is 6.81. The molecule has 0 spiro atoms. The molecule has 0 bridgehead atoms. The summed E-state index contributed by atoms with van der Waals surface area (Å²) in [6.07, 6.45) is 1.66. The number of carbonyl (C=O) groups excluding carboxylic acids is 1. The first-order chi connectivity index (χ1) is 17.0. The van der Waals surface area contributed by atoms with Gasteiger partial charge in [0, 0.05) is 32.2 Å². The molecule has 0 atom stereocenters. The van der Waals surface area contributed by atoms with Crippen molar-refractivity contribution in [3.8, 4) is 5.69 Å². The van der Waals surface area contributed by atoms with Gasteiger partial charge in [0.1, 0.15) is 6.54 Å². The molecule has 0 aliphatic heterocycles. The minimum Gasteiger partial charge on any atom is -0.331 e. The second-order valence-corrected chi connectivity index (χ2v) is 9.21. The Morgan fingerprint density at radius 1 is 0.943 bits per heavy atom. The third kappa shape index (κ3) is 4.19. The highest BCUT2D eigenvalue weighted by molar-refractivity contribution is 9.10. The van der Waals surface area contributed by atoms with E-state index < -0.39 is 0 Å². The molecule has 35 heavy (non-hydrogen) atoms. The first-order valence-corrected chi connectivity index (χ1v) is 12.0. The van der Waals surface area contributed by atoms with Gasteiger partial charge in [-0.3, -0.25) is 9.59 Å². The quantitative estimate of drug-likeness (QED) is 0.187. The van der Waals surface area contributed by atoms with Crippen LogP contribution in [0.3, 0.4) is 0 Å². The monoisotopic (exact) mass is 526 g/mol. The van der Waals surface area contributed by atoms with Gasteiger partial charge in [0.05, 0.1) is 22.9 Å². The van der Waals surface area contributed by atoms with Crippen molar-refractivity contribution in [3.05, 3.63) is 111 Å². The lowest BCUT2D eigenvalue weighted by molar-refractivity contribution is -0.121. The Labute approximate surface area is 210 Å². The Bertz CT molecular complexity index is 1620. The van der Waals surface area contributed by atoms with Crippen molar-refractivity contribution in [1.29, 1.82) is 0 Å². The van der Waals surface area contributed by atoms with Gasteiger partial charge in [-0.2, -0.15) is 5.10 Å². The van der Waals surface area contributed by atoms with Gasteiger partial charge in [0.2, 0.25) is 0 Å². The van der Waals surface area contributed by atoms with E-state index in [1.165, 1.54) is 0 Å². The molecule has 2 heterocycles. The van der Waals surface area contributed by atoms with Gasteiger partial charge in [0.25, 0.3) is 5.91 Å². The average molecular weight is 527 g/mol. The number of benzene rings is 3. The van der Waals surface area contributed by atoms with Crippen LogP contribution in [0.4, 0.5) is 0 Å². The van der Waals surface area contributed by atoms with Crippen LogP contribution >= 0.6 is 15.9 Å². The number of hydrogen-bond acceptors (Lipinski definition) is 3. The smallest absolute Gasteiger partial charge is 0.260 e. The minimum absolute atomic E-state index is 0.0358. The molecule has 0 aliphatic carbocycles. The molecule has 0 aliphatic rings. The van der Waals surface area contributed by atoms with Crippen LogP contribution in [0, 0.1) is 13.8 Å². The number of nitrogens with zero attached hydrogens (tertiary/aromatic N) is 3. The lowest BCUT2D eigenvalue weighted by Gasteiger charge is -2.14.